The molecular weight excluding hydrogens is 262 g/mol. The lowest BCUT2D eigenvalue weighted by Gasteiger charge is -2.36. The third-order valence-electron chi connectivity index (χ3n) is 4.11. The number of rotatable bonds is 3. The molecule has 106 valence electrons. The first-order valence-electron chi connectivity index (χ1n) is 6.74. The summed E-state index contributed by atoms with van der Waals surface area (Å²) in [5.41, 5.74) is 8.32. The van der Waals surface area contributed by atoms with Crippen LogP contribution in [0.1, 0.15) is 43.2 Å². The third-order valence-corrected chi connectivity index (χ3v) is 4.50. The van der Waals surface area contributed by atoms with Crippen molar-refractivity contribution in [3.63, 3.8) is 0 Å². The molecule has 1 aliphatic rings. The predicted molar refractivity (Wildman–Crippen MR) is 78.2 cm³/mol. The minimum absolute atomic E-state index is 0.355. The van der Waals surface area contributed by atoms with Crippen LogP contribution in [0.15, 0.2) is 6.07 Å². The standard InChI is InChI=1S/C15H22ClNO2/c1-10-11(16)9-12(18-2)14(19-3)13(10)15(17)7-5-4-6-8-15/h9H,4-8,17H2,1-3H3. The van der Waals surface area contributed by atoms with Crippen molar-refractivity contribution in [1.82, 2.24) is 0 Å². The van der Waals surface area contributed by atoms with Gasteiger partial charge in [0.05, 0.1) is 14.2 Å². The van der Waals surface area contributed by atoms with Crippen molar-refractivity contribution in [2.75, 3.05) is 14.2 Å². The van der Waals surface area contributed by atoms with Gasteiger partial charge in [0, 0.05) is 22.2 Å². The topological polar surface area (TPSA) is 44.5 Å². The molecule has 0 saturated heterocycles. The molecule has 4 heteroatoms. The fourth-order valence-corrected chi connectivity index (χ4v) is 3.28. The summed E-state index contributed by atoms with van der Waals surface area (Å²) in [6.45, 7) is 2.00. The van der Waals surface area contributed by atoms with Crippen molar-refractivity contribution < 1.29 is 9.47 Å². The number of methoxy groups -OCH3 is 2. The average Bonchev–Trinajstić information content (AvgIpc) is 2.41. The Balaban J connectivity index is 2.62. The molecule has 0 radical (unpaired) electrons. The maximum atomic E-state index is 6.66. The van der Waals surface area contributed by atoms with E-state index >= 15 is 0 Å². The number of halogens is 1. The molecule has 1 fully saturated rings. The number of ether oxygens (including phenoxy) is 2. The number of hydrogen-bond acceptors (Lipinski definition) is 3. The summed E-state index contributed by atoms with van der Waals surface area (Å²) in [6, 6.07) is 1.80. The van der Waals surface area contributed by atoms with Gasteiger partial charge in [-0.3, -0.25) is 0 Å². The van der Waals surface area contributed by atoms with Gasteiger partial charge < -0.3 is 15.2 Å². The van der Waals surface area contributed by atoms with E-state index in [9.17, 15) is 0 Å². The van der Waals surface area contributed by atoms with E-state index in [4.69, 9.17) is 26.8 Å². The van der Waals surface area contributed by atoms with Crippen LogP contribution in [0.5, 0.6) is 11.5 Å². The van der Waals surface area contributed by atoms with E-state index < -0.39 is 0 Å². The Morgan fingerprint density at radius 2 is 1.79 bits per heavy atom. The summed E-state index contributed by atoms with van der Waals surface area (Å²) in [7, 11) is 3.28. The Morgan fingerprint density at radius 3 is 2.32 bits per heavy atom. The zero-order valence-electron chi connectivity index (χ0n) is 11.9. The molecular formula is C15H22ClNO2. The monoisotopic (exact) mass is 283 g/mol. The molecule has 1 aromatic carbocycles. The highest BCUT2D eigenvalue weighted by Crippen LogP contribution is 2.47. The van der Waals surface area contributed by atoms with E-state index in [-0.39, 0.29) is 5.54 Å². The van der Waals surface area contributed by atoms with E-state index in [1.165, 1.54) is 6.42 Å². The van der Waals surface area contributed by atoms with Gasteiger partial charge in [0.2, 0.25) is 0 Å². The molecule has 1 aliphatic carbocycles. The Labute approximate surface area is 120 Å². The first-order valence-corrected chi connectivity index (χ1v) is 7.11. The van der Waals surface area contributed by atoms with Gasteiger partial charge in [0.15, 0.2) is 11.5 Å². The quantitative estimate of drug-likeness (QED) is 0.918. The zero-order chi connectivity index (χ0) is 14.0. The first kappa shape index (κ1) is 14.5. The molecule has 0 bridgehead atoms. The lowest BCUT2D eigenvalue weighted by molar-refractivity contribution is 0.281. The molecule has 0 atom stereocenters. The van der Waals surface area contributed by atoms with Crippen molar-refractivity contribution in [1.29, 1.82) is 0 Å². The van der Waals surface area contributed by atoms with Crippen molar-refractivity contribution in [3.8, 4) is 11.5 Å². The molecule has 3 nitrogen and oxygen atoms in total. The van der Waals surface area contributed by atoms with Crippen LogP contribution in [0.4, 0.5) is 0 Å². The van der Waals surface area contributed by atoms with Crippen LogP contribution in [0.25, 0.3) is 0 Å². The Kier molecular flexibility index (Phi) is 4.26. The predicted octanol–water partition coefficient (Wildman–Crippen LogP) is 3.78. The minimum atomic E-state index is -0.355. The molecule has 0 amide bonds. The van der Waals surface area contributed by atoms with E-state index in [1.807, 2.05) is 6.92 Å². The Hall–Kier alpha value is -0.930. The van der Waals surface area contributed by atoms with Crippen LogP contribution in [0.2, 0.25) is 5.02 Å². The molecule has 0 spiro atoms. The fraction of sp³-hybridized carbons (Fsp3) is 0.600. The molecule has 2 N–H and O–H groups in total. The molecule has 2 rings (SSSR count). The maximum absolute atomic E-state index is 6.66. The van der Waals surface area contributed by atoms with Crippen molar-refractivity contribution >= 4 is 11.6 Å². The van der Waals surface area contributed by atoms with Gasteiger partial charge in [-0.2, -0.15) is 0 Å². The highest BCUT2D eigenvalue weighted by molar-refractivity contribution is 6.31. The van der Waals surface area contributed by atoms with E-state index in [0.29, 0.717) is 10.8 Å². The molecule has 0 unspecified atom stereocenters. The largest absolute Gasteiger partial charge is 0.493 e. The normalized spacial score (nSPS) is 18.2. The smallest absolute Gasteiger partial charge is 0.166 e. The van der Waals surface area contributed by atoms with Gasteiger partial charge in [-0.25, -0.2) is 0 Å². The van der Waals surface area contributed by atoms with Gasteiger partial charge >= 0.3 is 0 Å². The number of hydrogen-bond donors (Lipinski definition) is 1. The van der Waals surface area contributed by atoms with Crippen LogP contribution >= 0.6 is 11.6 Å². The highest BCUT2D eigenvalue weighted by Gasteiger charge is 2.35. The van der Waals surface area contributed by atoms with E-state index in [0.717, 1.165) is 42.6 Å². The number of nitrogens with two attached hydrogens (primary N) is 1. The number of benzene rings is 1. The van der Waals surface area contributed by atoms with Gasteiger partial charge in [-0.1, -0.05) is 30.9 Å². The van der Waals surface area contributed by atoms with Crippen LogP contribution in [-0.4, -0.2) is 14.2 Å². The van der Waals surface area contributed by atoms with E-state index in [1.54, 1.807) is 20.3 Å². The zero-order valence-corrected chi connectivity index (χ0v) is 12.6. The second kappa shape index (κ2) is 5.59. The fourth-order valence-electron chi connectivity index (χ4n) is 3.09. The van der Waals surface area contributed by atoms with Crippen LogP contribution in [0.3, 0.4) is 0 Å². The summed E-state index contributed by atoms with van der Waals surface area (Å²) in [5.74, 6) is 1.39. The molecule has 0 aromatic heterocycles. The summed E-state index contributed by atoms with van der Waals surface area (Å²) >= 11 is 6.32. The second-order valence-electron chi connectivity index (χ2n) is 5.31. The van der Waals surface area contributed by atoms with Crippen molar-refractivity contribution in [2.24, 2.45) is 5.73 Å². The summed E-state index contributed by atoms with van der Waals surface area (Å²) < 4.78 is 10.9. The second-order valence-corrected chi connectivity index (χ2v) is 5.72. The van der Waals surface area contributed by atoms with Gasteiger partial charge in [-0.05, 0) is 25.3 Å². The van der Waals surface area contributed by atoms with Crippen molar-refractivity contribution in [3.05, 3.63) is 22.2 Å². The Bertz CT molecular complexity index is 468. The molecule has 1 aromatic rings. The minimum Gasteiger partial charge on any atom is -0.493 e. The average molecular weight is 284 g/mol. The summed E-state index contributed by atoms with van der Waals surface area (Å²) in [6.07, 6.45) is 5.47. The first-order chi connectivity index (χ1) is 9.03. The van der Waals surface area contributed by atoms with Gasteiger partial charge in [0.1, 0.15) is 0 Å². The van der Waals surface area contributed by atoms with Crippen molar-refractivity contribution in [2.45, 2.75) is 44.6 Å². The Morgan fingerprint density at radius 1 is 1.16 bits per heavy atom. The molecule has 0 heterocycles. The lowest BCUT2D eigenvalue weighted by Crippen LogP contribution is -2.39. The third kappa shape index (κ3) is 2.54. The molecule has 1 saturated carbocycles. The van der Waals surface area contributed by atoms with Crippen LogP contribution in [-0.2, 0) is 5.54 Å². The molecule has 19 heavy (non-hydrogen) atoms. The summed E-state index contributed by atoms with van der Waals surface area (Å²) in [4.78, 5) is 0. The SMILES string of the molecule is COc1cc(Cl)c(C)c(C2(N)CCCCC2)c1OC. The highest BCUT2D eigenvalue weighted by atomic mass is 35.5. The van der Waals surface area contributed by atoms with Crippen LogP contribution in [0, 0.1) is 6.92 Å². The van der Waals surface area contributed by atoms with E-state index in [2.05, 4.69) is 0 Å². The van der Waals surface area contributed by atoms with Gasteiger partial charge in [-0.15, -0.1) is 0 Å². The summed E-state index contributed by atoms with van der Waals surface area (Å²) in [5, 5.41) is 0.683. The molecule has 0 aliphatic heterocycles. The van der Waals surface area contributed by atoms with Gasteiger partial charge in [0.25, 0.3) is 0 Å². The van der Waals surface area contributed by atoms with Crippen LogP contribution < -0.4 is 15.2 Å². The lowest BCUT2D eigenvalue weighted by atomic mass is 9.75. The maximum Gasteiger partial charge on any atom is 0.166 e.